The first-order chi connectivity index (χ1) is 27.2. The van der Waals surface area contributed by atoms with Crippen molar-refractivity contribution < 1.29 is 51.3 Å². The molecule has 4 heterocycles. The number of hydrogen-bond donors (Lipinski definition) is 3. The zero-order valence-corrected chi connectivity index (χ0v) is 33.9. The molecule has 2 aromatic rings. The lowest BCUT2D eigenvalue weighted by molar-refractivity contribution is -0.142. The Morgan fingerprint density at radius 2 is 1.79 bits per heavy atom. The van der Waals surface area contributed by atoms with Gasteiger partial charge in [0.25, 0.3) is 5.91 Å². The molecule has 312 valence electrons. The quantitative estimate of drug-likeness (QED) is 0.351. The van der Waals surface area contributed by atoms with Gasteiger partial charge in [-0.05, 0) is 88.4 Å². The Kier molecular flexibility index (Phi) is 11.8. The van der Waals surface area contributed by atoms with Crippen LogP contribution in [0, 0.1) is 5.92 Å². The summed E-state index contributed by atoms with van der Waals surface area (Å²) in [4.78, 5) is 64.3. The van der Waals surface area contributed by atoms with Crippen molar-refractivity contribution in [3.05, 3.63) is 24.3 Å². The maximum Gasteiger partial charge on any atom is 0.408 e. The lowest BCUT2D eigenvalue weighted by Gasteiger charge is -2.30. The van der Waals surface area contributed by atoms with E-state index in [2.05, 4.69) is 20.3 Å². The monoisotopic (exact) mass is 814 g/mol. The van der Waals surface area contributed by atoms with Crippen LogP contribution in [0.5, 0.6) is 11.6 Å². The van der Waals surface area contributed by atoms with Gasteiger partial charge in [-0.25, -0.2) is 13.2 Å². The number of carbonyl (C=O) groups is 4. The molecule has 1 aromatic heterocycles. The normalized spacial score (nSPS) is 27.6. The summed E-state index contributed by atoms with van der Waals surface area (Å²) in [5, 5.41) is 6.45. The van der Waals surface area contributed by atoms with Gasteiger partial charge in [0.05, 0.1) is 38.7 Å². The van der Waals surface area contributed by atoms with E-state index in [4.69, 9.17) is 28.7 Å². The van der Waals surface area contributed by atoms with Crippen LogP contribution < -0.4 is 29.7 Å². The molecular formula is C39H54N6O11S. The number of carbonyl (C=O) groups excluding carboxylic acids is 4. The fraction of sp³-hybridized carbons (Fsp3) is 0.667. The second-order valence-electron chi connectivity index (χ2n) is 16.6. The van der Waals surface area contributed by atoms with Crippen molar-refractivity contribution in [3.63, 3.8) is 0 Å². The minimum atomic E-state index is -3.90. The van der Waals surface area contributed by atoms with E-state index in [0.29, 0.717) is 87.8 Å². The van der Waals surface area contributed by atoms with Crippen molar-refractivity contribution in [2.75, 3.05) is 58.1 Å². The van der Waals surface area contributed by atoms with E-state index in [-0.39, 0.29) is 31.9 Å². The molecule has 0 unspecified atom stereocenters. The standard InChI is InChI=1S/C39H54N6O11S/c1-38(2,3)56-37(49)40-30-23-54-15-7-5-6-8-25-21-39(25,36(48)43-57(50,51)28-10-11-28)42-33(46)31-20-27(22-45(31)35(30)47)55-34-29-12-9-26(52-4)18-24(29)19-32(41-34)44-13-16-53-17-14-44/h9,12,18-19,25,27-28,30-31H,5-8,10-11,13-17,20-23H2,1-4H3,(H,40,49)(H,42,46)(H,43,48)/t25-,27-,30+,31+,39-/m1/s1. The number of hydrogen-bond acceptors (Lipinski definition) is 13. The summed E-state index contributed by atoms with van der Waals surface area (Å²) in [6.45, 7) is 7.53. The first-order valence-corrected chi connectivity index (χ1v) is 21.4. The number of amides is 4. The predicted molar refractivity (Wildman–Crippen MR) is 207 cm³/mol. The minimum absolute atomic E-state index is 0.0153. The van der Waals surface area contributed by atoms with Crippen LogP contribution in [-0.2, 0) is 38.6 Å². The number of methoxy groups -OCH3 is 1. The molecule has 0 bridgehead atoms. The molecule has 0 spiro atoms. The highest BCUT2D eigenvalue weighted by atomic mass is 32.2. The Balaban J connectivity index is 1.21. The number of anilines is 1. The first-order valence-electron chi connectivity index (χ1n) is 19.9. The molecule has 2 aliphatic carbocycles. The zero-order valence-electron chi connectivity index (χ0n) is 33.0. The third kappa shape index (κ3) is 9.49. The fourth-order valence-electron chi connectivity index (χ4n) is 7.84. The maximum absolute atomic E-state index is 14.6. The predicted octanol–water partition coefficient (Wildman–Crippen LogP) is 2.40. The smallest absolute Gasteiger partial charge is 0.408 e. The average Bonchev–Trinajstić information content (AvgIpc) is 4.09. The topological polar surface area (TPSA) is 204 Å². The van der Waals surface area contributed by atoms with Crippen LogP contribution in [0.1, 0.15) is 72.1 Å². The van der Waals surface area contributed by atoms with Gasteiger partial charge in [0.15, 0.2) is 0 Å². The van der Waals surface area contributed by atoms with Crippen LogP contribution in [0.3, 0.4) is 0 Å². The van der Waals surface area contributed by atoms with Crippen LogP contribution in [0.25, 0.3) is 10.8 Å². The molecule has 3 N–H and O–H groups in total. The van der Waals surface area contributed by atoms with Crippen molar-refractivity contribution in [1.82, 2.24) is 25.2 Å². The molecule has 5 aliphatic rings. The highest BCUT2D eigenvalue weighted by Gasteiger charge is 2.62. The minimum Gasteiger partial charge on any atom is -0.497 e. The number of fused-ring (bicyclic) bond motifs is 3. The van der Waals surface area contributed by atoms with Crippen molar-refractivity contribution in [2.45, 2.75) is 107 Å². The maximum atomic E-state index is 14.6. The Labute approximate surface area is 332 Å². The number of rotatable bonds is 8. The summed E-state index contributed by atoms with van der Waals surface area (Å²) in [5.41, 5.74) is -2.30. The molecule has 4 amide bonds. The van der Waals surface area contributed by atoms with Gasteiger partial charge in [0.1, 0.15) is 40.9 Å². The van der Waals surface area contributed by atoms with Crippen LogP contribution >= 0.6 is 0 Å². The summed E-state index contributed by atoms with van der Waals surface area (Å²) in [7, 11) is -2.31. The van der Waals surface area contributed by atoms with Crippen molar-refractivity contribution in [3.8, 4) is 11.6 Å². The molecule has 0 radical (unpaired) electrons. The summed E-state index contributed by atoms with van der Waals surface area (Å²) in [6.07, 6.45) is 2.35. The fourth-order valence-corrected chi connectivity index (χ4v) is 9.21. The number of nitrogens with zero attached hydrogens (tertiary/aromatic N) is 3. The molecule has 2 saturated carbocycles. The molecule has 5 atom stereocenters. The molecular weight excluding hydrogens is 761 g/mol. The Bertz CT molecular complexity index is 1960. The average molecular weight is 815 g/mol. The van der Waals surface area contributed by atoms with E-state index < -0.39 is 68.4 Å². The molecule has 18 heteroatoms. The van der Waals surface area contributed by atoms with E-state index in [0.717, 1.165) is 11.8 Å². The molecule has 3 aliphatic heterocycles. The third-order valence-electron chi connectivity index (χ3n) is 11.1. The van der Waals surface area contributed by atoms with Crippen molar-refractivity contribution >= 4 is 50.4 Å². The number of ether oxygens (including phenoxy) is 5. The molecule has 7 rings (SSSR count). The van der Waals surface area contributed by atoms with Gasteiger partial charge in [-0.2, -0.15) is 4.98 Å². The van der Waals surface area contributed by atoms with Crippen molar-refractivity contribution in [1.29, 1.82) is 0 Å². The molecule has 5 fully saturated rings. The van der Waals surface area contributed by atoms with Gasteiger partial charge in [-0.1, -0.05) is 12.8 Å². The number of aromatic nitrogens is 1. The lowest BCUT2D eigenvalue weighted by atomic mass is 10.1. The van der Waals surface area contributed by atoms with Crippen molar-refractivity contribution in [2.24, 2.45) is 5.92 Å². The SMILES string of the molecule is COc1ccc2c(O[C@@H]3C[C@H]4C(=O)N[C@]5(C(=O)NS(=O)(=O)C6CC6)C[C@H]5CCCCCOC[C@H](NC(=O)OC(C)(C)C)C(=O)N4C3)nc(N3CCOCC3)cc2c1. The van der Waals surface area contributed by atoms with Crippen LogP contribution in [-0.4, -0.2) is 130 Å². The number of sulfonamides is 1. The lowest BCUT2D eigenvalue weighted by Crippen LogP contribution is -2.59. The van der Waals surface area contributed by atoms with E-state index in [1.54, 1.807) is 33.9 Å². The number of nitrogens with one attached hydrogen (secondary N) is 3. The van der Waals surface area contributed by atoms with Gasteiger partial charge in [-0.15, -0.1) is 0 Å². The van der Waals surface area contributed by atoms with E-state index in [1.165, 1.54) is 4.90 Å². The Morgan fingerprint density at radius 1 is 1.02 bits per heavy atom. The van der Waals surface area contributed by atoms with E-state index in [9.17, 15) is 27.6 Å². The van der Waals surface area contributed by atoms with Gasteiger partial charge in [0.2, 0.25) is 27.7 Å². The zero-order chi connectivity index (χ0) is 40.5. The highest BCUT2D eigenvalue weighted by molar-refractivity contribution is 7.91. The van der Waals surface area contributed by atoms with Crippen LogP contribution in [0.15, 0.2) is 24.3 Å². The molecule has 3 saturated heterocycles. The van der Waals surface area contributed by atoms with Gasteiger partial charge in [-0.3, -0.25) is 19.1 Å². The van der Waals surface area contributed by atoms with Gasteiger partial charge >= 0.3 is 6.09 Å². The molecule has 57 heavy (non-hydrogen) atoms. The number of pyridine rings is 1. The van der Waals surface area contributed by atoms with Gasteiger partial charge in [0, 0.05) is 31.5 Å². The number of benzene rings is 1. The summed E-state index contributed by atoms with van der Waals surface area (Å²) < 4.78 is 57.2. The Hall–Kier alpha value is -4.42. The summed E-state index contributed by atoms with van der Waals surface area (Å²) in [5.74, 6) is -0.679. The largest absolute Gasteiger partial charge is 0.497 e. The van der Waals surface area contributed by atoms with E-state index in [1.807, 2.05) is 18.2 Å². The second-order valence-corrected chi connectivity index (χ2v) is 18.6. The number of alkyl carbamates (subject to hydrolysis) is 1. The second kappa shape index (κ2) is 16.4. The first kappa shape index (κ1) is 40.8. The van der Waals surface area contributed by atoms with E-state index >= 15 is 0 Å². The molecule has 1 aromatic carbocycles. The van der Waals surface area contributed by atoms with Gasteiger partial charge < -0.3 is 44.1 Å². The Morgan fingerprint density at radius 3 is 2.51 bits per heavy atom. The van der Waals surface area contributed by atoms with Crippen LogP contribution in [0.4, 0.5) is 10.6 Å². The molecule has 17 nitrogen and oxygen atoms in total. The summed E-state index contributed by atoms with van der Waals surface area (Å²) >= 11 is 0. The third-order valence-corrected chi connectivity index (χ3v) is 12.9. The summed E-state index contributed by atoms with van der Waals surface area (Å²) in [6, 6.07) is 5.11. The highest BCUT2D eigenvalue weighted by Crippen LogP contribution is 2.48. The number of morpholine rings is 1. The van der Waals surface area contributed by atoms with Crippen LogP contribution in [0.2, 0.25) is 0 Å².